The van der Waals surface area contributed by atoms with Crippen LogP contribution in [-0.2, 0) is 7.05 Å². The highest BCUT2D eigenvalue weighted by molar-refractivity contribution is 7.16. The molecule has 1 aromatic carbocycles. The average molecular weight is 368 g/mol. The van der Waals surface area contributed by atoms with Crippen LogP contribution >= 0.6 is 11.3 Å². The van der Waals surface area contributed by atoms with Gasteiger partial charge in [0.15, 0.2) is 0 Å². The van der Waals surface area contributed by atoms with Crippen LogP contribution in [0.2, 0.25) is 0 Å². The fourth-order valence-corrected chi connectivity index (χ4v) is 3.49. The van der Waals surface area contributed by atoms with E-state index in [9.17, 15) is 9.59 Å². The number of amides is 2. The topological polar surface area (TPSA) is 76.0 Å². The summed E-state index contributed by atoms with van der Waals surface area (Å²) in [5.74, 6) is -0.291. The summed E-state index contributed by atoms with van der Waals surface area (Å²) in [5.41, 5.74) is 1.59. The molecule has 2 aromatic heterocycles. The minimum atomic E-state index is -0.295. The largest absolute Gasteiger partial charge is 0.322 e. The Kier molecular flexibility index (Phi) is 5.18. The molecule has 0 aliphatic carbocycles. The van der Waals surface area contributed by atoms with Crippen LogP contribution in [-0.4, -0.2) is 21.6 Å². The molecule has 0 radical (unpaired) electrons. The number of aryl methyl sites for hydroxylation is 1. The van der Waals surface area contributed by atoms with Gasteiger partial charge in [-0.25, -0.2) is 0 Å². The lowest BCUT2D eigenvalue weighted by atomic mass is 10.1. The minimum absolute atomic E-state index is 0.250. The van der Waals surface area contributed by atoms with Crippen LogP contribution in [0.25, 0.3) is 0 Å². The predicted molar refractivity (Wildman–Crippen MR) is 104 cm³/mol. The third kappa shape index (κ3) is 3.83. The van der Waals surface area contributed by atoms with E-state index >= 15 is 0 Å². The summed E-state index contributed by atoms with van der Waals surface area (Å²) in [7, 11) is 1.70. The summed E-state index contributed by atoms with van der Waals surface area (Å²) >= 11 is 1.42. The second-order valence-corrected chi connectivity index (χ2v) is 7.24. The molecule has 0 bridgehead atoms. The first kappa shape index (κ1) is 17.9. The number of carbonyl (C=O) groups is 2. The van der Waals surface area contributed by atoms with E-state index in [4.69, 9.17) is 0 Å². The number of hydrogen-bond donors (Lipinski definition) is 2. The molecule has 26 heavy (non-hydrogen) atoms. The van der Waals surface area contributed by atoms with Gasteiger partial charge in [0.2, 0.25) is 0 Å². The summed E-state index contributed by atoms with van der Waals surface area (Å²) in [5, 5.41) is 10.3. The molecule has 6 nitrogen and oxygen atoms in total. The van der Waals surface area contributed by atoms with Gasteiger partial charge in [0.05, 0.1) is 5.56 Å². The molecular formula is C19H20N4O2S. The van der Waals surface area contributed by atoms with Gasteiger partial charge in [0.25, 0.3) is 11.8 Å². The molecule has 0 aliphatic heterocycles. The second kappa shape index (κ2) is 7.53. The Balaban J connectivity index is 1.88. The summed E-state index contributed by atoms with van der Waals surface area (Å²) in [6, 6.07) is 12.7. The Morgan fingerprint density at radius 1 is 1.08 bits per heavy atom. The van der Waals surface area contributed by atoms with Gasteiger partial charge < -0.3 is 10.6 Å². The summed E-state index contributed by atoms with van der Waals surface area (Å²) in [6.07, 6.45) is 1.56. The zero-order chi connectivity index (χ0) is 18.7. The smallest absolute Gasteiger partial charge is 0.274 e. The molecule has 0 atom stereocenters. The third-order valence-corrected chi connectivity index (χ3v) is 5.23. The van der Waals surface area contributed by atoms with E-state index in [1.165, 1.54) is 16.0 Å². The quantitative estimate of drug-likeness (QED) is 0.711. The minimum Gasteiger partial charge on any atom is -0.322 e. The highest BCUT2D eigenvalue weighted by Crippen LogP contribution is 2.33. The summed E-state index contributed by atoms with van der Waals surface area (Å²) in [6.45, 7) is 4.11. The maximum atomic E-state index is 12.7. The SMILES string of the molecule is CC(C)c1cc(C(=O)Nc2ccccc2)c(NC(=O)c2ccnn2C)s1. The van der Waals surface area contributed by atoms with Crippen molar-refractivity contribution in [1.29, 1.82) is 0 Å². The number of anilines is 2. The van der Waals surface area contributed by atoms with Crippen LogP contribution in [0.1, 0.15) is 45.5 Å². The normalized spacial score (nSPS) is 10.8. The molecule has 2 heterocycles. The molecule has 0 unspecified atom stereocenters. The first-order valence-electron chi connectivity index (χ1n) is 8.25. The lowest BCUT2D eigenvalue weighted by Crippen LogP contribution is -2.18. The fourth-order valence-electron chi connectivity index (χ4n) is 2.44. The number of carbonyl (C=O) groups excluding carboxylic acids is 2. The van der Waals surface area contributed by atoms with Crippen molar-refractivity contribution < 1.29 is 9.59 Å². The first-order chi connectivity index (χ1) is 12.5. The number of benzene rings is 1. The van der Waals surface area contributed by atoms with E-state index in [0.29, 0.717) is 21.9 Å². The lowest BCUT2D eigenvalue weighted by molar-refractivity contribution is 0.101. The Labute approximate surface area is 155 Å². The van der Waals surface area contributed by atoms with Crippen LogP contribution in [0.4, 0.5) is 10.7 Å². The number of aromatic nitrogens is 2. The van der Waals surface area contributed by atoms with Crippen molar-refractivity contribution in [1.82, 2.24) is 9.78 Å². The van der Waals surface area contributed by atoms with Crippen LogP contribution < -0.4 is 10.6 Å². The molecule has 2 amide bonds. The molecule has 0 spiro atoms. The molecule has 2 N–H and O–H groups in total. The van der Waals surface area contributed by atoms with E-state index in [1.807, 2.05) is 36.4 Å². The fraction of sp³-hybridized carbons (Fsp3) is 0.211. The van der Waals surface area contributed by atoms with Gasteiger partial charge in [-0.15, -0.1) is 11.3 Å². The predicted octanol–water partition coefficient (Wildman–Crippen LogP) is 4.11. The van der Waals surface area contributed by atoms with Crippen LogP contribution in [0.3, 0.4) is 0 Å². The van der Waals surface area contributed by atoms with E-state index in [-0.39, 0.29) is 17.7 Å². The number of thiophene rings is 1. The first-order valence-corrected chi connectivity index (χ1v) is 9.07. The molecule has 7 heteroatoms. The van der Waals surface area contributed by atoms with Gasteiger partial charge >= 0.3 is 0 Å². The summed E-state index contributed by atoms with van der Waals surface area (Å²) in [4.78, 5) is 26.3. The van der Waals surface area contributed by atoms with Crippen molar-refractivity contribution in [3.05, 3.63) is 64.8 Å². The van der Waals surface area contributed by atoms with E-state index in [1.54, 1.807) is 19.3 Å². The van der Waals surface area contributed by atoms with Crippen molar-refractivity contribution in [2.75, 3.05) is 10.6 Å². The molecular weight excluding hydrogens is 348 g/mol. The molecule has 3 rings (SSSR count). The van der Waals surface area contributed by atoms with E-state index in [0.717, 1.165) is 4.88 Å². The Bertz CT molecular complexity index is 928. The van der Waals surface area contributed by atoms with Crippen molar-refractivity contribution in [2.45, 2.75) is 19.8 Å². The Morgan fingerprint density at radius 2 is 1.81 bits per heavy atom. The maximum Gasteiger partial charge on any atom is 0.274 e. The standard InChI is InChI=1S/C19H20N4O2S/c1-12(2)16-11-14(17(24)21-13-7-5-4-6-8-13)19(26-16)22-18(25)15-9-10-20-23(15)3/h4-12H,1-3H3,(H,21,24)(H,22,25). The van der Waals surface area contributed by atoms with Gasteiger partial charge in [-0.05, 0) is 30.2 Å². The molecule has 3 aromatic rings. The van der Waals surface area contributed by atoms with Crippen molar-refractivity contribution >= 4 is 33.8 Å². The van der Waals surface area contributed by atoms with Gasteiger partial charge in [-0.1, -0.05) is 32.0 Å². The van der Waals surface area contributed by atoms with E-state index in [2.05, 4.69) is 29.6 Å². The van der Waals surface area contributed by atoms with Gasteiger partial charge in [-0.2, -0.15) is 5.10 Å². The zero-order valence-electron chi connectivity index (χ0n) is 14.8. The van der Waals surface area contributed by atoms with Crippen molar-refractivity contribution in [3.8, 4) is 0 Å². The van der Waals surface area contributed by atoms with Gasteiger partial charge in [0, 0.05) is 23.8 Å². The van der Waals surface area contributed by atoms with Crippen molar-refractivity contribution in [3.63, 3.8) is 0 Å². The highest BCUT2D eigenvalue weighted by Gasteiger charge is 2.21. The number of rotatable bonds is 5. The summed E-state index contributed by atoms with van der Waals surface area (Å²) < 4.78 is 1.50. The van der Waals surface area contributed by atoms with Crippen LogP contribution in [0.5, 0.6) is 0 Å². The maximum absolute atomic E-state index is 12.7. The Hall–Kier alpha value is -2.93. The van der Waals surface area contributed by atoms with Gasteiger partial charge in [0.1, 0.15) is 10.7 Å². The zero-order valence-corrected chi connectivity index (χ0v) is 15.6. The third-order valence-electron chi connectivity index (χ3n) is 3.88. The van der Waals surface area contributed by atoms with Gasteiger partial charge in [-0.3, -0.25) is 14.3 Å². The second-order valence-electron chi connectivity index (χ2n) is 6.16. The monoisotopic (exact) mass is 368 g/mol. The molecule has 0 saturated carbocycles. The lowest BCUT2D eigenvalue weighted by Gasteiger charge is -2.07. The van der Waals surface area contributed by atoms with Crippen LogP contribution in [0, 0.1) is 0 Å². The van der Waals surface area contributed by atoms with E-state index < -0.39 is 0 Å². The molecule has 0 saturated heterocycles. The van der Waals surface area contributed by atoms with Crippen molar-refractivity contribution in [2.24, 2.45) is 7.05 Å². The number of nitrogens with zero attached hydrogens (tertiary/aromatic N) is 2. The highest BCUT2D eigenvalue weighted by atomic mass is 32.1. The molecule has 0 fully saturated rings. The molecule has 0 aliphatic rings. The molecule has 134 valence electrons. The number of nitrogens with one attached hydrogen (secondary N) is 2. The number of para-hydroxylation sites is 1. The Morgan fingerprint density at radius 3 is 2.42 bits per heavy atom. The number of hydrogen-bond acceptors (Lipinski definition) is 4. The van der Waals surface area contributed by atoms with Crippen LogP contribution in [0.15, 0.2) is 48.7 Å². The average Bonchev–Trinajstić information content (AvgIpc) is 3.22.